The molecule has 138 valence electrons. The standard InChI is InChI=1S/C18H22N4O4/c1-12-9-14-11-21(7-4-8-22(14)20-12)18(24)19-15-10-13(17(23)26-3)5-6-16(15)25-2/h5-6,9-10H,4,7-8,11H2,1-3H3,(H,19,24). The minimum Gasteiger partial charge on any atom is -0.495 e. The number of benzene rings is 1. The highest BCUT2D eigenvalue weighted by molar-refractivity contribution is 5.95. The summed E-state index contributed by atoms with van der Waals surface area (Å²) < 4.78 is 12.0. The summed E-state index contributed by atoms with van der Waals surface area (Å²) in [6.07, 6.45) is 0.820. The van der Waals surface area contributed by atoms with Gasteiger partial charge in [-0.05, 0) is 37.6 Å². The zero-order valence-electron chi connectivity index (χ0n) is 15.1. The maximum Gasteiger partial charge on any atom is 0.337 e. The predicted molar refractivity (Wildman–Crippen MR) is 95.3 cm³/mol. The molecule has 1 aliphatic rings. The molecule has 8 nitrogen and oxygen atoms in total. The summed E-state index contributed by atoms with van der Waals surface area (Å²) in [7, 11) is 2.82. The third-order valence-corrected chi connectivity index (χ3v) is 4.29. The quantitative estimate of drug-likeness (QED) is 0.852. The van der Waals surface area contributed by atoms with Gasteiger partial charge in [0.2, 0.25) is 0 Å². The summed E-state index contributed by atoms with van der Waals surface area (Å²) in [5.74, 6) is -0.000914. The van der Waals surface area contributed by atoms with Crippen LogP contribution in [-0.4, -0.2) is 47.4 Å². The normalized spacial score (nSPS) is 13.6. The number of fused-ring (bicyclic) bond motifs is 1. The van der Waals surface area contributed by atoms with Crippen molar-refractivity contribution in [2.24, 2.45) is 0 Å². The van der Waals surface area contributed by atoms with Gasteiger partial charge in [-0.3, -0.25) is 4.68 Å². The molecular formula is C18H22N4O4. The van der Waals surface area contributed by atoms with Gasteiger partial charge in [0, 0.05) is 13.1 Å². The lowest BCUT2D eigenvalue weighted by Crippen LogP contribution is -2.34. The zero-order chi connectivity index (χ0) is 18.7. The van der Waals surface area contributed by atoms with E-state index in [1.54, 1.807) is 23.1 Å². The monoisotopic (exact) mass is 358 g/mol. The molecule has 1 N–H and O–H groups in total. The van der Waals surface area contributed by atoms with E-state index in [0.717, 1.165) is 24.4 Å². The van der Waals surface area contributed by atoms with Crippen LogP contribution in [-0.2, 0) is 17.8 Å². The molecule has 2 aromatic rings. The van der Waals surface area contributed by atoms with Crippen LogP contribution < -0.4 is 10.1 Å². The highest BCUT2D eigenvalue weighted by atomic mass is 16.5. The third kappa shape index (κ3) is 3.63. The fraction of sp³-hybridized carbons (Fsp3) is 0.389. The number of carbonyl (C=O) groups excluding carboxylic acids is 2. The van der Waals surface area contributed by atoms with Crippen LogP contribution in [0, 0.1) is 6.92 Å². The lowest BCUT2D eigenvalue weighted by Gasteiger charge is -2.21. The number of methoxy groups -OCH3 is 2. The Morgan fingerprint density at radius 3 is 2.73 bits per heavy atom. The van der Waals surface area contributed by atoms with E-state index < -0.39 is 5.97 Å². The Balaban J connectivity index is 1.79. The van der Waals surface area contributed by atoms with E-state index in [-0.39, 0.29) is 6.03 Å². The van der Waals surface area contributed by atoms with Gasteiger partial charge in [0.25, 0.3) is 0 Å². The molecule has 0 spiro atoms. The van der Waals surface area contributed by atoms with E-state index in [2.05, 4.69) is 10.4 Å². The number of hydrogen-bond donors (Lipinski definition) is 1. The second-order valence-electron chi connectivity index (χ2n) is 6.11. The van der Waals surface area contributed by atoms with Crippen molar-refractivity contribution >= 4 is 17.7 Å². The predicted octanol–water partition coefficient (Wildman–Crippen LogP) is 2.42. The van der Waals surface area contributed by atoms with Crippen LogP contribution in [0.15, 0.2) is 24.3 Å². The average Bonchev–Trinajstić information content (AvgIpc) is 2.87. The number of carbonyl (C=O) groups is 2. The molecule has 26 heavy (non-hydrogen) atoms. The van der Waals surface area contributed by atoms with Gasteiger partial charge in [-0.15, -0.1) is 0 Å². The summed E-state index contributed by atoms with van der Waals surface area (Å²) in [6.45, 7) is 3.82. The first-order chi connectivity index (χ1) is 12.5. The number of ether oxygens (including phenoxy) is 2. The van der Waals surface area contributed by atoms with Crippen LogP contribution in [0.2, 0.25) is 0 Å². The number of hydrogen-bond acceptors (Lipinski definition) is 5. The Bertz CT molecular complexity index is 831. The molecule has 3 rings (SSSR count). The summed E-state index contributed by atoms with van der Waals surface area (Å²) in [5, 5.41) is 7.28. The number of urea groups is 1. The fourth-order valence-corrected chi connectivity index (χ4v) is 3.02. The number of aryl methyl sites for hydroxylation is 2. The van der Waals surface area contributed by atoms with E-state index in [1.807, 2.05) is 17.7 Å². The van der Waals surface area contributed by atoms with Crippen molar-refractivity contribution in [3.8, 4) is 5.75 Å². The maximum atomic E-state index is 12.8. The molecule has 0 radical (unpaired) electrons. The Hall–Kier alpha value is -3.03. The minimum atomic E-state index is -0.475. The molecule has 1 aliphatic heterocycles. The van der Waals surface area contributed by atoms with Gasteiger partial charge in [0.1, 0.15) is 5.75 Å². The molecular weight excluding hydrogens is 336 g/mol. The summed E-state index contributed by atoms with van der Waals surface area (Å²) in [6, 6.07) is 6.51. The van der Waals surface area contributed by atoms with Gasteiger partial charge in [-0.25, -0.2) is 9.59 Å². The van der Waals surface area contributed by atoms with E-state index in [9.17, 15) is 9.59 Å². The molecule has 2 heterocycles. The van der Waals surface area contributed by atoms with Gasteiger partial charge < -0.3 is 19.7 Å². The topological polar surface area (TPSA) is 85.7 Å². The average molecular weight is 358 g/mol. The van der Waals surface area contributed by atoms with Gasteiger partial charge in [0.05, 0.1) is 43.4 Å². The number of esters is 1. The molecule has 8 heteroatoms. The van der Waals surface area contributed by atoms with Crippen molar-refractivity contribution in [1.82, 2.24) is 14.7 Å². The number of nitrogens with zero attached hydrogens (tertiary/aromatic N) is 3. The zero-order valence-corrected chi connectivity index (χ0v) is 15.1. The van der Waals surface area contributed by atoms with E-state index >= 15 is 0 Å². The first-order valence-electron chi connectivity index (χ1n) is 8.37. The first kappa shape index (κ1) is 17.8. The van der Waals surface area contributed by atoms with Crippen LogP contribution in [0.1, 0.15) is 28.2 Å². The van der Waals surface area contributed by atoms with E-state index in [1.165, 1.54) is 14.2 Å². The van der Waals surface area contributed by atoms with Crippen LogP contribution in [0.25, 0.3) is 0 Å². The smallest absolute Gasteiger partial charge is 0.337 e. The summed E-state index contributed by atoms with van der Waals surface area (Å²) in [4.78, 5) is 26.2. The van der Waals surface area contributed by atoms with E-state index in [0.29, 0.717) is 30.1 Å². The number of aromatic nitrogens is 2. The molecule has 0 unspecified atom stereocenters. The highest BCUT2D eigenvalue weighted by Crippen LogP contribution is 2.26. The Morgan fingerprint density at radius 1 is 1.19 bits per heavy atom. The van der Waals surface area contributed by atoms with Gasteiger partial charge in [0.15, 0.2) is 0 Å². The van der Waals surface area contributed by atoms with Crippen LogP contribution in [0.3, 0.4) is 0 Å². The lowest BCUT2D eigenvalue weighted by atomic mass is 10.2. The number of anilines is 1. The van der Waals surface area contributed by atoms with Crippen molar-refractivity contribution in [3.05, 3.63) is 41.2 Å². The van der Waals surface area contributed by atoms with Crippen molar-refractivity contribution in [1.29, 1.82) is 0 Å². The number of amides is 2. The SMILES string of the molecule is COC(=O)c1ccc(OC)c(NC(=O)N2CCCn3nc(C)cc3C2)c1. The summed E-state index contributed by atoms with van der Waals surface area (Å²) in [5.41, 5.74) is 2.71. The second kappa shape index (κ2) is 7.47. The van der Waals surface area contributed by atoms with E-state index in [4.69, 9.17) is 9.47 Å². The Morgan fingerprint density at radius 2 is 2.00 bits per heavy atom. The molecule has 0 bridgehead atoms. The molecule has 1 aromatic heterocycles. The summed E-state index contributed by atoms with van der Waals surface area (Å²) >= 11 is 0. The molecule has 0 fully saturated rings. The van der Waals surface area contributed by atoms with Crippen molar-refractivity contribution in [2.75, 3.05) is 26.1 Å². The van der Waals surface area contributed by atoms with Crippen molar-refractivity contribution in [2.45, 2.75) is 26.4 Å². The first-order valence-corrected chi connectivity index (χ1v) is 8.37. The lowest BCUT2D eigenvalue weighted by molar-refractivity contribution is 0.0600. The Kier molecular flexibility index (Phi) is 5.11. The second-order valence-corrected chi connectivity index (χ2v) is 6.11. The van der Waals surface area contributed by atoms with Gasteiger partial charge in [-0.1, -0.05) is 0 Å². The third-order valence-electron chi connectivity index (χ3n) is 4.29. The van der Waals surface area contributed by atoms with Crippen LogP contribution in [0.5, 0.6) is 5.75 Å². The van der Waals surface area contributed by atoms with Crippen molar-refractivity contribution < 1.29 is 19.1 Å². The van der Waals surface area contributed by atoms with Crippen LogP contribution >= 0.6 is 0 Å². The number of rotatable bonds is 3. The molecule has 2 amide bonds. The molecule has 0 saturated heterocycles. The molecule has 0 saturated carbocycles. The minimum absolute atomic E-state index is 0.252. The van der Waals surface area contributed by atoms with Crippen LogP contribution in [0.4, 0.5) is 10.5 Å². The largest absolute Gasteiger partial charge is 0.495 e. The number of nitrogens with one attached hydrogen (secondary N) is 1. The van der Waals surface area contributed by atoms with Crippen molar-refractivity contribution in [3.63, 3.8) is 0 Å². The fourth-order valence-electron chi connectivity index (χ4n) is 3.02. The van der Waals surface area contributed by atoms with Gasteiger partial charge in [-0.2, -0.15) is 5.10 Å². The highest BCUT2D eigenvalue weighted by Gasteiger charge is 2.21. The molecule has 1 aromatic carbocycles. The Labute approximate surface area is 151 Å². The molecule has 0 atom stereocenters. The van der Waals surface area contributed by atoms with Gasteiger partial charge >= 0.3 is 12.0 Å². The maximum absolute atomic E-state index is 12.8. The molecule has 0 aliphatic carbocycles.